The maximum atomic E-state index is 11.0. The number of nitrogens with zero attached hydrogens (tertiary/aromatic N) is 2. The van der Waals surface area contributed by atoms with E-state index < -0.39 is 0 Å². The molecule has 0 atom stereocenters. The number of methoxy groups -OCH3 is 1. The van der Waals surface area contributed by atoms with Crippen LogP contribution >= 0.6 is 0 Å². The van der Waals surface area contributed by atoms with Crippen molar-refractivity contribution in [3.63, 3.8) is 0 Å². The molecule has 0 unspecified atom stereocenters. The molecule has 5 heteroatoms. The fraction of sp³-hybridized carbons (Fsp3) is 0.333. The number of esters is 1. The molecule has 0 aromatic carbocycles. The van der Waals surface area contributed by atoms with Crippen LogP contribution in [0.3, 0.4) is 0 Å². The number of rotatable bonds is 4. The summed E-state index contributed by atoms with van der Waals surface area (Å²) in [5, 5.41) is 3.04. The number of carbonyl (C=O) groups excluding carboxylic acids is 1. The summed E-state index contributed by atoms with van der Waals surface area (Å²) in [6.45, 7) is 2.75. The lowest BCUT2D eigenvalue weighted by Crippen LogP contribution is -2.24. The number of ether oxygens (including phenoxy) is 1. The molecule has 0 radical (unpaired) electrons. The van der Waals surface area contributed by atoms with Crippen LogP contribution < -0.4 is 5.32 Å². The zero-order chi connectivity index (χ0) is 12.3. The zero-order valence-electron chi connectivity index (χ0n) is 9.93. The van der Waals surface area contributed by atoms with Crippen LogP contribution in [-0.2, 0) is 16.1 Å². The molecule has 2 aromatic heterocycles. The summed E-state index contributed by atoms with van der Waals surface area (Å²) in [5.41, 5.74) is 2.94. The first kappa shape index (κ1) is 11.6. The second kappa shape index (κ2) is 4.97. The zero-order valence-corrected chi connectivity index (χ0v) is 9.93. The smallest absolute Gasteiger partial charge is 0.319 e. The van der Waals surface area contributed by atoms with Crippen molar-refractivity contribution in [2.75, 3.05) is 13.7 Å². The second-order valence-electron chi connectivity index (χ2n) is 3.75. The highest BCUT2D eigenvalue weighted by molar-refractivity contribution is 5.71. The Hall–Kier alpha value is -1.88. The lowest BCUT2D eigenvalue weighted by molar-refractivity contribution is -0.139. The second-order valence-corrected chi connectivity index (χ2v) is 3.75. The summed E-state index contributed by atoms with van der Waals surface area (Å²) in [4.78, 5) is 15.4. The molecule has 2 heterocycles. The highest BCUT2D eigenvalue weighted by Crippen LogP contribution is 2.10. The minimum absolute atomic E-state index is 0.204. The number of fused-ring (bicyclic) bond motifs is 1. The van der Waals surface area contributed by atoms with Crippen LogP contribution in [0.25, 0.3) is 5.65 Å². The summed E-state index contributed by atoms with van der Waals surface area (Å²) in [5.74, 6) is -0.267. The van der Waals surface area contributed by atoms with E-state index in [2.05, 4.69) is 15.0 Å². The van der Waals surface area contributed by atoms with E-state index >= 15 is 0 Å². The molecule has 0 amide bonds. The van der Waals surface area contributed by atoms with Gasteiger partial charge in [0.05, 0.1) is 25.0 Å². The third kappa shape index (κ3) is 2.45. The maximum Gasteiger partial charge on any atom is 0.319 e. The Morgan fingerprint density at radius 3 is 3.12 bits per heavy atom. The standard InChI is InChI=1S/C12H15N3O2/c1-9-10(7-13-8-12(16)17-2)15-6-4-3-5-11(15)14-9/h3-6,13H,7-8H2,1-2H3. The van der Waals surface area contributed by atoms with Crippen LogP contribution in [0, 0.1) is 6.92 Å². The molecular formula is C12H15N3O2. The van der Waals surface area contributed by atoms with Crippen LogP contribution in [0.1, 0.15) is 11.4 Å². The highest BCUT2D eigenvalue weighted by atomic mass is 16.5. The normalized spacial score (nSPS) is 10.7. The van der Waals surface area contributed by atoms with Crippen molar-refractivity contribution in [2.24, 2.45) is 0 Å². The molecule has 17 heavy (non-hydrogen) atoms. The summed E-state index contributed by atoms with van der Waals surface area (Å²) < 4.78 is 6.58. The molecule has 0 aliphatic carbocycles. The largest absolute Gasteiger partial charge is 0.468 e. The fourth-order valence-corrected chi connectivity index (χ4v) is 1.73. The molecule has 0 aliphatic rings. The third-order valence-electron chi connectivity index (χ3n) is 2.62. The number of imidazole rings is 1. The Labute approximate surface area is 99.4 Å². The van der Waals surface area contributed by atoms with Crippen LogP contribution in [0.15, 0.2) is 24.4 Å². The van der Waals surface area contributed by atoms with Crippen molar-refractivity contribution in [3.8, 4) is 0 Å². The molecule has 0 fully saturated rings. The molecule has 0 spiro atoms. The molecule has 0 saturated heterocycles. The third-order valence-corrected chi connectivity index (χ3v) is 2.62. The van der Waals surface area contributed by atoms with Gasteiger partial charge in [0, 0.05) is 12.7 Å². The van der Waals surface area contributed by atoms with E-state index in [0.29, 0.717) is 6.54 Å². The first-order valence-electron chi connectivity index (χ1n) is 5.42. The molecule has 5 nitrogen and oxygen atoms in total. The lowest BCUT2D eigenvalue weighted by atomic mass is 10.3. The number of aromatic nitrogens is 2. The summed E-state index contributed by atoms with van der Waals surface area (Å²) in [6.07, 6.45) is 1.96. The number of pyridine rings is 1. The van der Waals surface area contributed by atoms with Crippen LogP contribution in [-0.4, -0.2) is 29.0 Å². The molecule has 90 valence electrons. The van der Waals surface area contributed by atoms with Gasteiger partial charge >= 0.3 is 5.97 Å². The minimum Gasteiger partial charge on any atom is -0.468 e. The Kier molecular flexibility index (Phi) is 3.39. The molecule has 2 aromatic rings. The summed E-state index contributed by atoms with van der Waals surface area (Å²) in [6, 6.07) is 5.86. The Bertz CT molecular complexity index is 534. The molecule has 0 aliphatic heterocycles. The van der Waals surface area contributed by atoms with Crippen LogP contribution in [0.4, 0.5) is 0 Å². The van der Waals surface area contributed by atoms with Gasteiger partial charge in [-0.05, 0) is 19.1 Å². The van der Waals surface area contributed by atoms with Gasteiger partial charge in [0.25, 0.3) is 0 Å². The van der Waals surface area contributed by atoms with Crippen molar-refractivity contribution < 1.29 is 9.53 Å². The van der Waals surface area contributed by atoms with E-state index in [1.54, 1.807) is 0 Å². The van der Waals surface area contributed by atoms with E-state index in [-0.39, 0.29) is 12.5 Å². The van der Waals surface area contributed by atoms with Gasteiger partial charge in [-0.1, -0.05) is 6.07 Å². The van der Waals surface area contributed by atoms with E-state index in [9.17, 15) is 4.79 Å². The van der Waals surface area contributed by atoms with Crippen molar-refractivity contribution >= 4 is 11.6 Å². The minimum atomic E-state index is -0.267. The monoisotopic (exact) mass is 233 g/mol. The number of hydrogen-bond acceptors (Lipinski definition) is 4. The van der Waals surface area contributed by atoms with E-state index in [0.717, 1.165) is 17.0 Å². The molecule has 0 bridgehead atoms. The number of hydrogen-bond donors (Lipinski definition) is 1. The molecule has 0 saturated carbocycles. The average molecular weight is 233 g/mol. The summed E-state index contributed by atoms with van der Waals surface area (Å²) in [7, 11) is 1.38. The Morgan fingerprint density at radius 1 is 1.53 bits per heavy atom. The van der Waals surface area contributed by atoms with E-state index in [4.69, 9.17) is 0 Å². The van der Waals surface area contributed by atoms with Crippen LogP contribution in [0.2, 0.25) is 0 Å². The Balaban J connectivity index is 2.12. The van der Waals surface area contributed by atoms with Gasteiger partial charge in [-0.15, -0.1) is 0 Å². The van der Waals surface area contributed by atoms with Gasteiger partial charge in [0.2, 0.25) is 0 Å². The van der Waals surface area contributed by atoms with Crippen molar-refractivity contribution in [1.82, 2.24) is 14.7 Å². The summed E-state index contributed by atoms with van der Waals surface area (Å²) >= 11 is 0. The van der Waals surface area contributed by atoms with Gasteiger partial charge in [0.1, 0.15) is 5.65 Å². The highest BCUT2D eigenvalue weighted by Gasteiger charge is 2.08. The van der Waals surface area contributed by atoms with Crippen molar-refractivity contribution in [2.45, 2.75) is 13.5 Å². The van der Waals surface area contributed by atoms with E-state index in [1.165, 1.54) is 7.11 Å². The average Bonchev–Trinajstić information content (AvgIpc) is 2.66. The predicted octanol–water partition coefficient (Wildman–Crippen LogP) is 0.905. The lowest BCUT2D eigenvalue weighted by Gasteiger charge is -2.04. The first-order chi connectivity index (χ1) is 8.22. The van der Waals surface area contributed by atoms with Gasteiger partial charge < -0.3 is 14.5 Å². The number of carbonyl (C=O) groups is 1. The van der Waals surface area contributed by atoms with Crippen molar-refractivity contribution in [3.05, 3.63) is 35.8 Å². The maximum absolute atomic E-state index is 11.0. The number of aryl methyl sites for hydroxylation is 1. The fourth-order valence-electron chi connectivity index (χ4n) is 1.73. The Morgan fingerprint density at radius 2 is 2.35 bits per heavy atom. The van der Waals surface area contributed by atoms with Gasteiger partial charge in [-0.2, -0.15) is 0 Å². The first-order valence-corrected chi connectivity index (χ1v) is 5.42. The molecular weight excluding hydrogens is 218 g/mol. The molecule has 1 N–H and O–H groups in total. The quantitative estimate of drug-likeness (QED) is 0.797. The number of nitrogens with one attached hydrogen (secondary N) is 1. The van der Waals surface area contributed by atoms with Gasteiger partial charge in [-0.3, -0.25) is 4.79 Å². The topological polar surface area (TPSA) is 55.6 Å². The van der Waals surface area contributed by atoms with Gasteiger partial charge in [-0.25, -0.2) is 4.98 Å². The predicted molar refractivity (Wildman–Crippen MR) is 63.7 cm³/mol. The van der Waals surface area contributed by atoms with Crippen LogP contribution in [0.5, 0.6) is 0 Å². The van der Waals surface area contributed by atoms with Crippen molar-refractivity contribution in [1.29, 1.82) is 0 Å². The van der Waals surface area contributed by atoms with E-state index in [1.807, 2.05) is 35.7 Å². The molecule has 2 rings (SSSR count). The SMILES string of the molecule is COC(=O)CNCc1c(C)nc2ccccn12. The van der Waals surface area contributed by atoms with Gasteiger partial charge in [0.15, 0.2) is 0 Å².